The van der Waals surface area contributed by atoms with Crippen LogP contribution < -0.4 is 0 Å². The summed E-state index contributed by atoms with van der Waals surface area (Å²) in [6, 6.07) is 19.6. The molecule has 0 atom stereocenters. The summed E-state index contributed by atoms with van der Waals surface area (Å²) in [6.45, 7) is 2.14. The van der Waals surface area contributed by atoms with Crippen LogP contribution in [0.5, 0.6) is 0 Å². The Balaban J connectivity index is 1.68. The lowest BCUT2D eigenvalue weighted by Gasteiger charge is -2.05. The number of thiophene rings is 1. The first kappa shape index (κ1) is 25.7. The first-order valence-corrected chi connectivity index (χ1v) is 16.3. The number of hydrogen-bond acceptors (Lipinski definition) is 3. The number of halogens is 3. The molecule has 4 aromatic heterocycles. The van der Waals surface area contributed by atoms with Crippen molar-refractivity contribution in [3.05, 3.63) is 99.0 Å². The van der Waals surface area contributed by atoms with E-state index in [1.807, 2.05) is 0 Å². The van der Waals surface area contributed by atoms with Crippen molar-refractivity contribution in [2.45, 2.75) is 6.92 Å². The van der Waals surface area contributed by atoms with E-state index in [1.54, 1.807) is 11.3 Å². The Morgan fingerprint density at radius 3 is 2.21 bits per heavy atom. The van der Waals surface area contributed by atoms with Gasteiger partial charge in [-0.1, -0.05) is 12.1 Å². The molecule has 190 valence electrons. The fraction of sp³-hybridized carbons (Fsp3) is 0.0323. The fourth-order valence-electron chi connectivity index (χ4n) is 4.87. The highest BCUT2D eigenvalue weighted by molar-refractivity contribution is 14.1. The summed E-state index contributed by atoms with van der Waals surface area (Å²) < 4.78 is 3.32. The molecule has 1 aromatic carbocycles. The standard InChI is InChI=1S/C31H19I3N4S/c1-16-11-27(39-15-16)28-22-7-8-24(37-22)30(34)26-10-9-25(38-26)29(33)23-6-5-19(35-23)13-20-14-21(31(28)36-20)17-3-2-4-18(32)12-17/h2-15,35-36H,1H3. The highest BCUT2D eigenvalue weighted by atomic mass is 127. The van der Waals surface area contributed by atoms with Crippen molar-refractivity contribution in [1.29, 1.82) is 0 Å². The second-order valence-electron chi connectivity index (χ2n) is 9.42. The zero-order chi connectivity index (χ0) is 26.7. The van der Waals surface area contributed by atoms with Gasteiger partial charge in [-0.15, -0.1) is 11.3 Å². The Labute approximate surface area is 270 Å². The first-order chi connectivity index (χ1) is 18.9. The van der Waals surface area contributed by atoms with Crippen molar-refractivity contribution in [2.75, 3.05) is 0 Å². The lowest BCUT2D eigenvalue weighted by molar-refractivity contribution is 1.25. The van der Waals surface area contributed by atoms with Crippen LogP contribution in [0.3, 0.4) is 0 Å². The summed E-state index contributed by atoms with van der Waals surface area (Å²) in [7, 11) is 0. The van der Waals surface area contributed by atoms with Crippen LogP contribution in [0.15, 0.2) is 60.0 Å². The number of aromatic amines is 2. The van der Waals surface area contributed by atoms with Crippen molar-refractivity contribution >= 4 is 125 Å². The zero-order valence-corrected chi connectivity index (χ0v) is 27.8. The van der Waals surface area contributed by atoms with Gasteiger partial charge in [0.1, 0.15) is 0 Å². The van der Waals surface area contributed by atoms with Gasteiger partial charge in [0, 0.05) is 30.6 Å². The average Bonchev–Trinajstić information content (AvgIpc) is 3.75. The molecule has 8 bridgehead atoms. The third kappa shape index (κ3) is 4.82. The maximum atomic E-state index is 5.18. The highest BCUT2D eigenvalue weighted by Gasteiger charge is 2.18. The molecule has 8 heteroatoms. The van der Waals surface area contributed by atoms with Crippen molar-refractivity contribution in [2.24, 2.45) is 0 Å². The van der Waals surface area contributed by atoms with E-state index in [0.717, 1.165) is 63.1 Å². The van der Waals surface area contributed by atoms with Gasteiger partial charge in [-0.25, -0.2) is 9.97 Å². The number of aromatic nitrogens is 4. The quantitative estimate of drug-likeness (QED) is 0.170. The Kier molecular flexibility index (Phi) is 6.76. The maximum Gasteiger partial charge on any atom is 0.0793 e. The van der Waals surface area contributed by atoms with E-state index in [-0.39, 0.29) is 0 Å². The molecule has 2 N–H and O–H groups in total. The lowest BCUT2D eigenvalue weighted by Crippen LogP contribution is -1.88. The summed E-state index contributed by atoms with van der Waals surface area (Å²) in [4.78, 5) is 18.7. The second kappa shape index (κ2) is 10.3. The summed E-state index contributed by atoms with van der Waals surface area (Å²) in [5.74, 6) is 0. The van der Waals surface area contributed by atoms with E-state index in [9.17, 15) is 0 Å². The smallest absolute Gasteiger partial charge is 0.0793 e. The van der Waals surface area contributed by atoms with Crippen LogP contribution in [0.2, 0.25) is 0 Å². The molecule has 5 aromatic rings. The molecular weight excluding hydrogens is 841 g/mol. The topological polar surface area (TPSA) is 57.4 Å². The zero-order valence-electron chi connectivity index (χ0n) is 20.5. The van der Waals surface area contributed by atoms with E-state index in [2.05, 4.69) is 169 Å². The minimum atomic E-state index is 0.930. The van der Waals surface area contributed by atoms with Crippen LogP contribution in [0.4, 0.5) is 0 Å². The predicted octanol–water partition coefficient (Wildman–Crippen LogP) is 10.2. The summed E-state index contributed by atoms with van der Waals surface area (Å²) in [6.07, 6.45) is 8.40. The van der Waals surface area contributed by atoms with Gasteiger partial charge in [-0.05, 0) is 158 Å². The Morgan fingerprint density at radius 2 is 1.46 bits per heavy atom. The van der Waals surface area contributed by atoms with E-state index in [1.165, 1.54) is 19.6 Å². The van der Waals surface area contributed by atoms with E-state index in [0.29, 0.717) is 0 Å². The summed E-state index contributed by atoms with van der Waals surface area (Å²) >= 11 is 8.90. The number of benzene rings is 1. The number of aryl methyl sites for hydroxylation is 1. The number of nitrogens with one attached hydrogen (secondary N) is 2. The number of rotatable bonds is 2. The molecule has 0 unspecified atom stereocenters. The molecule has 0 saturated heterocycles. The third-order valence-electron chi connectivity index (χ3n) is 6.67. The van der Waals surface area contributed by atoms with Gasteiger partial charge >= 0.3 is 0 Å². The van der Waals surface area contributed by atoms with Crippen molar-refractivity contribution in [3.8, 4) is 21.6 Å². The largest absolute Gasteiger partial charge is 0.355 e. The molecule has 39 heavy (non-hydrogen) atoms. The van der Waals surface area contributed by atoms with Gasteiger partial charge in [0.25, 0.3) is 0 Å². The van der Waals surface area contributed by atoms with E-state index < -0.39 is 0 Å². The number of nitrogens with zero attached hydrogens (tertiary/aromatic N) is 2. The van der Waals surface area contributed by atoms with E-state index >= 15 is 0 Å². The van der Waals surface area contributed by atoms with Crippen LogP contribution in [-0.4, -0.2) is 19.9 Å². The van der Waals surface area contributed by atoms with Crippen LogP contribution in [0.25, 0.3) is 67.9 Å². The Bertz CT molecular complexity index is 2030. The molecule has 7 rings (SSSR count). The van der Waals surface area contributed by atoms with Crippen molar-refractivity contribution < 1.29 is 0 Å². The molecule has 4 nitrogen and oxygen atoms in total. The van der Waals surface area contributed by atoms with Gasteiger partial charge in [-0.3, -0.25) is 0 Å². The molecule has 0 fully saturated rings. The fourth-order valence-corrected chi connectivity index (χ4v) is 7.58. The molecule has 2 aliphatic heterocycles. The molecule has 0 radical (unpaired) electrons. The van der Waals surface area contributed by atoms with Gasteiger partial charge in [-0.2, -0.15) is 0 Å². The molecule has 0 aliphatic carbocycles. The van der Waals surface area contributed by atoms with Crippen molar-refractivity contribution in [1.82, 2.24) is 19.9 Å². The van der Waals surface area contributed by atoms with Crippen LogP contribution in [0.1, 0.15) is 28.3 Å². The van der Waals surface area contributed by atoms with Crippen LogP contribution in [0, 0.1) is 17.6 Å². The number of H-pyrrole nitrogens is 2. The minimum absolute atomic E-state index is 0.930. The predicted molar refractivity (Wildman–Crippen MR) is 190 cm³/mol. The molecule has 0 spiro atoms. The first-order valence-electron chi connectivity index (χ1n) is 12.2. The highest BCUT2D eigenvalue weighted by Crippen LogP contribution is 2.39. The van der Waals surface area contributed by atoms with Gasteiger partial charge in [0.15, 0.2) is 0 Å². The monoisotopic (exact) mass is 860 g/mol. The molecule has 0 amide bonds. The lowest BCUT2D eigenvalue weighted by atomic mass is 10.0. The second-order valence-corrected chi connectivity index (χ2v) is 13.7. The molecule has 0 saturated carbocycles. The molecular formula is C31H19I3N4S. The van der Waals surface area contributed by atoms with Gasteiger partial charge < -0.3 is 9.97 Å². The molecule has 6 heterocycles. The van der Waals surface area contributed by atoms with Gasteiger partial charge in [0.2, 0.25) is 0 Å². The summed E-state index contributed by atoms with van der Waals surface area (Å²) in [5.41, 5.74) is 12.6. The SMILES string of the molecule is Cc1csc(-c2c3nc(c(I)c4nc(c(I)c5ccc(cc6cc(-c7cccc(I)c7)c2[nH]6)[nH]5)C=C4)C=C3)c1. The average molecular weight is 860 g/mol. The van der Waals surface area contributed by atoms with Crippen LogP contribution in [-0.2, 0) is 0 Å². The number of fused-ring (bicyclic) bond motifs is 8. The maximum absolute atomic E-state index is 5.18. The van der Waals surface area contributed by atoms with E-state index in [4.69, 9.17) is 9.97 Å². The third-order valence-corrected chi connectivity index (χ3v) is 10.6. The Morgan fingerprint density at radius 1 is 0.718 bits per heavy atom. The van der Waals surface area contributed by atoms with Crippen molar-refractivity contribution in [3.63, 3.8) is 0 Å². The van der Waals surface area contributed by atoms with Gasteiger partial charge in [0.05, 0.1) is 40.9 Å². The Hall–Kier alpha value is -2.29. The normalized spacial score (nSPS) is 12.4. The van der Waals surface area contributed by atoms with Crippen LogP contribution >= 0.6 is 79.1 Å². The minimum Gasteiger partial charge on any atom is -0.355 e. The molecule has 2 aliphatic rings. The number of hydrogen-bond donors (Lipinski definition) is 2. The summed E-state index contributed by atoms with van der Waals surface area (Å²) in [5, 5.41) is 2.20.